The summed E-state index contributed by atoms with van der Waals surface area (Å²) in [6.45, 7) is 2.38. The molecule has 0 amide bonds. The minimum atomic E-state index is -3.79. The molecular weight excluding hydrogens is 257 g/mol. The number of hydrogen-bond acceptors (Lipinski definition) is 3. The number of aromatic nitrogens is 2. The lowest BCUT2D eigenvalue weighted by atomic mass is 10.4. The van der Waals surface area contributed by atoms with Gasteiger partial charge in [-0.1, -0.05) is 6.07 Å². The first-order chi connectivity index (χ1) is 8.53. The number of nitrogens with one attached hydrogen (secondary N) is 1. The molecule has 1 aromatic heterocycles. The third kappa shape index (κ3) is 2.51. The summed E-state index contributed by atoms with van der Waals surface area (Å²) in [6.07, 6.45) is 1.49. The first kappa shape index (κ1) is 12.6. The van der Waals surface area contributed by atoms with Crippen molar-refractivity contribution in [3.8, 4) is 0 Å². The fourth-order valence-corrected chi connectivity index (χ4v) is 2.59. The predicted molar refractivity (Wildman–Crippen MR) is 65.1 cm³/mol. The van der Waals surface area contributed by atoms with Crippen molar-refractivity contribution in [3.05, 3.63) is 42.3 Å². The van der Waals surface area contributed by atoms with Crippen molar-refractivity contribution >= 4 is 15.8 Å². The molecule has 0 aliphatic heterocycles. The Balaban J connectivity index is 2.33. The number of nitrogens with zero attached hydrogens (tertiary/aromatic N) is 2. The Morgan fingerprint density at radius 3 is 2.83 bits per heavy atom. The smallest absolute Gasteiger partial charge is 0.263 e. The average molecular weight is 269 g/mol. The standard InChI is InChI=1S/C11H12FN3O2S/c1-2-15-11(6-7-13-15)14-18(16,17)10-5-3-4-9(12)8-10/h3-8,14H,2H2,1H3. The summed E-state index contributed by atoms with van der Waals surface area (Å²) >= 11 is 0. The van der Waals surface area contributed by atoms with Crippen molar-refractivity contribution in [3.63, 3.8) is 0 Å². The summed E-state index contributed by atoms with van der Waals surface area (Å²) < 4.78 is 40.9. The lowest BCUT2D eigenvalue weighted by Crippen LogP contribution is -2.16. The monoisotopic (exact) mass is 269 g/mol. The van der Waals surface area contributed by atoms with Crippen molar-refractivity contribution in [2.45, 2.75) is 18.4 Å². The van der Waals surface area contributed by atoms with Crippen LogP contribution >= 0.6 is 0 Å². The van der Waals surface area contributed by atoms with Gasteiger partial charge in [0, 0.05) is 12.6 Å². The molecule has 0 saturated carbocycles. The van der Waals surface area contributed by atoms with E-state index in [2.05, 4.69) is 9.82 Å². The molecule has 0 atom stereocenters. The first-order valence-corrected chi connectivity index (χ1v) is 6.81. The number of halogens is 1. The zero-order valence-electron chi connectivity index (χ0n) is 9.67. The lowest BCUT2D eigenvalue weighted by molar-refractivity contribution is 0.593. The van der Waals surface area contributed by atoms with E-state index in [1.165, 1.54) is 29.1 Å². The van der Waals surface area contributed by atoms with Gasteiger partial charge in [0.1, 0.15) is 11.6 Å². The third-order valence-electron chi connectivity index (χ3n) is 2.36. The van der Waals surface area contributed by atoms with Crippen molar-refractivity contribution in [2.24, 2.45) is 0 Å². The number of hydrogen-bond donors (Lipinski definition) is 1. The van der Waals surface area contributed by atoms with E-state index in [0.29, 0.717) is 12.4 Å². The molecular formula is C11H12FN3O2S. The minimum Gasteiger partial charge on any atom is -0.264 e. The van der Waals surface area contributed by atoms with Crippen molar-refractivity contribution in [1.29, 1.82) is 0 Å². The molecule has 0 aliphatic rings. The van der Waals surface area contributed by atoms with Crippen LogP contribution in [0, 0.1) is 5.82 Å². The summed E-state index contributed by atoms with van der Waals surface area (Å²) in [4.78, 5) is -0.119. The van der Waals surface area contributed by atoms with Gasteiger partial charge in [0.05, 0.1) is 11.1 Å². The maximum absolute atomic E-state index is 13.0. The molecule has 2 rings (SSSR count). The molecule has 18 heavy (non-hydrogen) atoms. The average Bonchev–Trinajstić information content (AvgIpc) is 2.75. The molecule has 7 heteroatoms. The molecule has 1 aromatic carbocycles. The van der Waals surface area contributed by atoms with Gasteiger partial charge in [0.2, 0.25) is 0 Å². The molecule has 0 unspecified atom stereocenters. The second kappa shape index (κ2) is 4.77. The van der Waals surface area contributed by atoms with Crippen molar-refractivity contribution in [2.75, 3.05) is 4.72 Å². The van der Waals surface area contributed by atoms with Crippen LogP contribution in [0.15, 0.2) is 41.4 Å². The second-order valence-corrected chi connectivity index (χ2v) is 5.28. The van der Waals surface area contributed by atoms with E-state index in [1.807, 2.05) is 6.92 Å². The van der Waals surface area contributed by atoms with E-state index in [9.17, 15) is 12.8 Å². The molecule has 1 N–H and O–H groups in total. The summed E-state index contributed by atoms with van der Waals surface area (Å²) in [7, 11) is -3.79. The lowest BCUT2D eigenvalue weighted by Gasteiger charge is -2.09. The topological polar surface area (TPSA) is 64.0 Å². The van der Waals surface area contributed by atoms with Gasteiger partial charge in [-0.25, -0.2) is 17.5 Å². The van der Waals surface area contributed by atoms with Crippen LogP contribution in [0.4, 0.5) is 10.2 Å². The number of sulfonamides is 1. The largest absolute Gasteiger partial charge is 0.264 e. The number of rotatable bonds is 4. The fourth-order valence-electron chi connectivity index (χ4n) is 1.50. The SMILES string of the molecule is CCn1nccc1NS(=O)(=O)c1cccc(F)c1. The molecule has 0 fully saturated rings. The number of aryl methyl sites for hydroxylation is 1. The fraction of sp³-hybridized carbons (Fsp3) is 0.182. The van der Waals surface area contributed by atoms with Crippen LogP contribution < -0.4 is 4.72 Å². The zero-order chi connectivity index (χ0) is 13.2. The second-order valence-electron chi connectivity index (χ2n) is 3.60. The van der Waals surface area contributed by atoms with Gasteiger partial charge < -0.3 is 0 Å². The maximum Gasteiger partial charge on any atom is 0.263 e. The highest BCUT2D eigenvalue weighted by Crippen LogP contribution is 2.16. The Kier molecular flexibility index (Phi) is 3.33. The zero-order valence-corrected chi connectivity index (χ0v) is 10.5. The molecule has 0 aliphatic carbocycles. The molecule has 0 spiro atoms. The Bertz CT molecular complexity index is 652. The highest BCUT2D eigenvalue weighted by molar-refractivity contribution is 7.92. The van der Waals surface area contributed by atoms with Crippen molar-refractivity contribution in [1.82, 2.24) is 9.78 Å². The van der Waals surface area contributed by atoms with E-state index < -0.39 is 15.8 Å². The summed E-state index contributed by atoms with van der Waals surface area (Å²) in [6, 6.07) is 6.38. The number of anilines is 1. The molecule has 0 bridgehead atoms. The van der Waals surface area contributed by atoms with Crippen LogP contribution in [-0.2, 0) is 16.6 Å². The van der Waals surface area contributed by atoms with Gasteiger partial charge in [0.15, 0.2) is 0 Å². The highest BCUT2D eigenvalue weighted by Gasteiger charge is 2.16. The van der Waals surface area contributed by atoms with E-state index >= 15 is 0 Å². The van der Waals surface area contributed by atoms with E-state index in [1.54, 1.807) is 6.07 Å². The summed E-state index contributed by atoms with van der Waals surface area (Å²) in [5.74, 6) is -0.247. The third-order valence-corrected chi connectivity index (χ3v) is 3.71. The normalized spacial score (nSPS) is 11.4. The minimum absolute atomic E-state index is 0.119. The molecule has 5 nitrogen and oxygen atoms in total. The molecule has 0 radical (unpaired) electrons. The van der Waals surface area contributed by atoms with Crippen LogP contribution in [0.3, 0.4) is 0 Å². The van der Waals surface area contributed by atoms with Crippen LogP contribution in [0.1, 0.15) is 6.92 Å². The molecule has 0 saturated heterocycles. The van der Waals surface area contributed by atoms with E-state index in [0.717, 1.165) is 6.07 Å². The first-order valence-electron chi connectivity index (χ1n) is 5.33. The van der Waals surface area contributed by atoms with Gasteiger partial charge in [-0.3, -0.25) is 4.72 Å². The quantitative estimate of drug-likeness (QED) is 0.921. The van der Waals surface area contributed by atoms with Gasteiger partial charge in [-0.2, -0.15) is 5.10 Å². The Morgan fingerprint density at radius 1 is 1.39 bits per heavy atom. The molecule has 96 valence electrons. The van der Waals surface area contributed by atoms with Crippen molar-refractivity contribution < 1.29 is 12.8 Å². The van der Waals surface area contributed by atoms with Crippen LogP contribution in [-0.4, -0.2) is 18.2 Å². The Hall–Kier alpha value is -1.89. The van der Waals surface area contributed by atoms with E-state index in [-0.39, 0.29) is 4.90 Å². The van der Waals surface area contributed by atoms with Crippen LogP contribution in [0.25, 0.3) is 0 Å². The molecule has 1 heterocycles. The van der Waals surface area contributed by atoms with Gasteiger partial charge >= 0.3 is 0 Å². The van der Waals surface area contributed by atoms with Gasteiger partial charge in [-0.15, -0.1) is 0 Å². The van der Waals surface area contributed by atoms with E-state index in [4.69, 9.17) is 0 Å². The maximum atomic E-state index is 13.0. The summed E-state index contributed by atoms with van der Waals surface area (Å²) in [5.41, 5.74) is 0. The Labute approximate surface area is 104 Å². The Morgan fingerprint density at radius 2 is 2.17 bits per heavy atom. The van der Waals surface area contributed by atoms with Gasteiger partial charge in [-0.05, 0) is 25.1 Å². The highest BCUT2D eigenvalue weighted by atomic mass is 32.2. The van der Waals surface area contributed by atoms with Crippen LogP contribution in [0.2, 0.25) is 0 Å². The predicted octanol–water partition coefficient (Wildman–Crippen LogP) is 1.84. The van der Waals surface area contributed by atoms with Gasteiger partial charge in [0.25, 0.3) is 10.0 Å². The van der Waals surface area contributed by atoms with Crippen LogP contribution in [0.5, 0.6) is 0 Å². The summed E-state index contributed by atoms with van der Waals surface area (Å²) in [5, 5.41) is 3.95. The molecule has 2 aromatic rings. The number of benzene rings is 1.